The van der Waals surface area contributed by atoms with Crippen molar-refractivity contribution in [3.05, 3.63) is 34.9 Å². The van der Waals surface area contributed by atoms with E-state index in [1.807, 2.05) is 0 Å². The van der Waals surface area contributed by atoms with E-state index >= 15 is 0 Å². The maximum atomic E-state index is 3.89. The molecule has 0 aromatic heterocycles. The van der Waals surface area contributed by atoms with Crippen LogP contribution < -0.4 is 5.32 Å². The fourth-order valence-electron chi connectivity index (χ4n) is 4.08. The van der Waals surface area contributed by atoms with Gasteiger partial charge in [0.1, 0.15) is 0 Å². The van der Waals surface area contributed by atoms with Gasteiger partial charge in [0.2, 0.25) is 0 Å². The van der Waals surface area contributed by atoms with Gasteiger partial charge in [-0.05, 0) is 62.9 Å². The molecule has 0 unspecified atom stereocenters. The number of rotatable bonds is 2. The van der Waals surface area contributed by atoms with Gasteiger partial charge in [-0.2, -0.15) is 0 Å². The van der Waals surface area contributed by atoms with Crippen molar-refractivity contribution in [2.24, 2.45) is 0 Å². The molecule has 2 heteroatoms. The molecule has 1 aromatic carbocycles. The molecule has 21 heavy (non-hydrogen) atoms. The molecule has 2 fully saturated rings. The molecule has 1 N–H and O–H groups in total. The molecule has 1 heterocycles. The molecule has 2 nitrogen and oxygen atoms in total. The highest BCUT2D eigenvalue weighted by Gasteiger charge is 2.34. The van der Waals surface area contributed by atoms with Crippen molar-refractivity contribution in [2.75, 3.05) is 19.6 Å². The third-order valence-electron chi connectivity index (χ3n) is 5.47. The quantitative estimate of drug-likeness (QED) is 0.889. The Morgan fingerprint density at radius 3 is 2.62 bits per heavy atom. The second kappa shape index (κ2) is 6.50. The van der Waals surface area contributed by atoms with E-state index in [1.165, 1.54) is 74.8 Å². The Balaban J connectivity index is 1.69. The second-order valence-electron chi connectivity index (χ2n) is 7.25. The van der Waals surface area contributed by atoms with E-state index in [-0.39, 0.29) is 0 Å². The summed E-state index contributed by atoms with van der Waals surface area (Å²) in [4.78, 5) is 2.69. The number of aryl methyl sites for hydroxylation is 2. The average Bonchev–Trinajstić information content (AvgIpc) is 2.66. The lowest BCUT2D eigenvalue weighted by atomic mass is 9.81. The highest BCUT2D eigenvalue weighted by Crippen LogP contribution is 2.30. The Bertz CT molecular complexity index is 474. The second-order valence-corrected chi connectivity index (χ2v) is 7.25. The zero-order valence-electron chi connectivity index (χ0n) is 13.8. The van der Waals surface area contributed by atoms with E-state index in [1.54, 1.807) is 0 Å². The van der Waals surface area contributed by atoms with Crippen molar-refractivity contribution >= 4 is 0 Å². The van der Waals surface area contributed by atoms with E-state index < -0.39 is 0 Å². The van der Waals surface area contributed by atoms with Crippen molar-refractivity contribution in [2.45, 2.75) is 64.5 Å². The lowest BCUT2D eigenvalue weighted by Crippen LogP contribution is -2.52. The van der Waals surface area contributed by atoms with E-state index in [4.69, 9.17) is 0 Å². The van der Waals surface area contributed by atoms with Crippen molar-refractivity contribution in [1.29, 1.82) is 0 Å². The van der Waals surface area contributed by atoms with Gasteiger partial charge in [0.25, 0.3) is 0 Å². The topological polar surface area (TPSA) is 15.3 Å². The molecule has 1 saturated heterocycles. The van der Waals surface area contributed by atoms with Gasteiger partial charge in [-0.1, -0.05) is 37.5 Å². The fraction of sp³-hybridized carbons (Fsp3) is 0.684. The predicted molar refractivity (Wildman–Crippen MR) is 89.6 cm³/mol. The number of benzene rings is 1. The van der Waals surface area contributed by atoms with E-state index in [2.05, 4.69) is 42.3 Å². The van der Waals surface area contributed by atoms with Gasteiger partial charge in [-0.3, -0.25) is 4.90 Å². The third kappa shape index (κ3) is 3.67. The molecule has 2 aliphatic rings. The van der Waals surface area contributed by atoms with Gasteiger partial charge in [0.15, 0.2) is 0 Å². The summed E-state index contributed by atoms with van der Waals surface area (Å²) in [6, 6.07) is 6.96. The van der Waals surface area contributed by atoms with Crippen LogP contribution in [0, 0.1) is 13.8 Å². The van der Waals surface area contributed by atoms with Gasteiger partial charge < -0.3 is 5.32 Å². The molecule has 3 rings (SSSR count). The first-order chi connectivity index (χ1) is 10.2. The number of hydrogen-bond acceptors (Lipinski definition) is 2. The highest BCUT2D eigenvalue weighted by atomic mass is 15.2. The molecule has 116 valence electrons. The van der Waals surface area contributed by atoms with Crippen molar-refractivity contribution < 1.29 is 0 Å². The summed E-state index contributed by atoms with van der Waals surface area (Å²) < 4.78 is 0. The Morgan fingerprint density at radius 1 is 1.05 bits per heavy atom. The highest BCUT2D eigenvalue weighted by molar-refractivity contribution is 5.29. The summed E-state index contributed by atoms with van der Waals surface area (Å²) in [7, 11) is 0. The van der Waals surface area contributed by atoms with E-state index in [0.29, 0.717) is 5.54 Å². The van der Waals surface area contributed by atoms with Crippen LogP contribution in [0.4, 0.5) is 0 Å². The van der Waals surface area contributed by atoms with Crippen LogP contribution in [0.1, 0.15) is 55.2 Å². The lowest BCUT2D eigenvalue weighted by molar-refractivity contribution is 0.159. The molecular weight excluding hydrogens is 256 g/mol. The van der Waals surface area contributed by atoms with Crippen LogP contribution in [0.2, 0.25) is 0 Å². The smallest absolute Gasteiger partial charge is 0.0308 e. The van der Waals surface area contributed by atoms with Crippen LogP contribution >= 0.6 is 0 Å². The molecule has 0 amide bonds. The summed E-state index contributed by atoms with van der Waals surface area (Å²) in [5.41, 5.74) is 4.72. The summed E-state index contributed by atoms with van der Waals surface area (Å²) in [6.07, 6.45) is 8.27. The number of nitrogens with one attached hydrogen (secondary N) is 1. The summed E-state index contributed by atoms with van der Waals surface area (Å²) in [5, 5.41) is 3.89. The number of hydrogen-bond donors (Lipinski definition) is 1. The van der Waals surface area contributed by atoms with Crippen LogP contribution in [0.25, 0.3) is 0 Å². The fourth-order valence-corrected chi connectivity index (χ4v) is 4.08. The van der Waals surface area contributed by atoms with Gasteiger partial charge in [-0.25, -0.2) is 0 Å². The molecule has 0 bridgehead atoms. The zero-order chi connectivity index (χ0) is 14.7. The normalized spacial score (nSPS) is 23.1. The minimum Gasteiger partial charge on any atom is -0.310 e. The summed E-state index contributed by atoms with van der Waals surface area (Å²) in [5.74, 6) is 0. The molecular formula is C19H30N2. The third-order valence-corrected chi connectivity index (χ3v) is 5.47. The van der Waals surface area contributed by atoms with Crippen LogP contribution in [0.3, 0.4) is 0 Å². The molecule has 1 aromatic rings. The van der Waals surface area contributed by atoms with Crippen molar-refractivity contribution in [1.82, 2.24) is 10.2 Å². The maximum Gasteiger partial charge on any atom is 0.0308 e. The van der Waals surface area contributed by atoms with Gasteiger partial charge in [-0.15, -0.1) is 0 Å². The summed E-state index contributed by atoms with van der Waals surface area (Å²) >= 11 is 0. The standard InChI is InChI=1S/C19H30N2/c1-16-7-8-18(13-17(16)2)14-21-12-6-11-20-19(15-21)9-4-3-5-10-19/h7-8,13,20H,3-6,9-12,14-15H2,1-2H3. The molecule has 0 atom stereocenters. The van der Waals surface area contributed by atoms with Crippen LogP contribution in [-0.2, 0) is 6.54 Å². The Labute approximate surface area is 129 Å². The largest absolute Gasteiger partial charge is 0.310 e. The first kappa shape index (κ1) is 15.1. The van der Waals surface area contributed by atoms with Gasteiger partial charge >= 0.3 is 0 Å². The first-order valence-corrected chi connectivity index (χ1v) is 8.70. The van der Waals surface area contributed by atoms with Crippen LogP contribution in [0.15, 0.2) is 18.2 Å². The van der Waals surface area contributed by atoms with Crippen molar-refractivity contribution in [3.63, 3.8) is 0 Å². The number of nitrogens with zero attached hydrogens (tertiary/aromatic N) is 1. The molecule has 1 aliphatic heterocycles. The SMILES string of the molecule is Cc1ccc(CN2CCCNC3(CCCCC3)C2)cc1C. The van der Waals surface area contributed by atoms with Crippen LogP contribution in [-0.4, -0.2) is 30.1 Å². The molecule has 1 saturated carbocycles. The average molecular weight is 286 g/mol. The molecule has 0 radical (unpaired) electrons. The predicted octanol–water partition coefficient (Wildman–Crippen LogP) is 3.80. The van der Waals surface area contributed by atoms with Crippen molar-refractivity contribution in [3.8, 4) is 0 Å². The molecule has 1 spiro atoms. The Kier molecular flexibility index (Phi) is 4.66. The van der Waals surface area contributed by atoms with Gasteiger partial charge in [0, 0.05) is 18.6 Å². The minimum atomic E-state index is 0.411. The maximum absolute atomic E-state index is 3.89. The Morgan fingerprint density at radius 2 is 1.86 bits per heavy atom. The minimum absolute atomic E-state index is 0.411. The monoisotopic (exact) mass is 286 g/mol. The van der Waals surface area contributed by atoms with E-state index in [0.717, 1.165) is 6.54 Å². The lowest BCUT2D eigenvalue weighted by Gasteiger charge is -2.40. The molecule has 1 aliphatic carbocycles. The van der Waals surface area contributed by atoms with Gasteiger partial charge in [0.05, 0.1) is 0 Å². The van der Waals surface area contributed by atoms with Crippen LogP contribution in [0.5, 0.6) is 0 Å². The Hall–Kier alpha value is -0.860. The van der Waals surface area contributed by atoms with E-state index in [9.17, 15) is 0 Å². The zero-order valence-corrected chi connectivity index (χ0v) is 13.8. The summed E-state index contributed by atoms with van der Waals surface area (Å²) in [6.45, 7) is 9.22. The first-order valence-electron chi connectivity index (χ1n) is 8.70.